The minimum atomic E-state index is -0.637. The van der Waals surface area contributed by atoms with Crippen molar-refractivity contribution < 1.29 is 23.5 Å². The highest BCUT2D eigenvalue weighted by atomic mass is 35.5. The maximum absolute atomic E-state index is 13.9. The molecule has 1 unspecified atom stereocenters. The summed E-state index contributed by atoms with van der Waals surface area (Å²) in [4.78, 5) is 25.7. The fourth-order valence-electron chi connectivity index (χ4n) is 2.90. The molecule has 0 saturated carbocycles. The van der Waals surface area contributed by atoms with E-state index >= 15 is 0 Å². The van der Waals surface area contributed by atoms with E-state index in [1.807, 2.05) is 0 Å². The van der Waals surface area contributed by atoms with E-state index in [1.165, 1.54) is 25.1 Å². The molecule has 2 aromatic rings. The molecular weight excluding hydrogens is 408 g/mol. The van der Waals surface area contributed by atoms with Gasteiger partial charge >= 0.3 is 0 Å². The van der Waals surface area contributed by atoms with Crippen molar-refractivity contribution in [3.8, 4) is 5.75 Å². The van der Waals surface area contributed by atoms with Crippen LogP contribution in [0.15, 0.2) is 36.4 Å². The van der Waals surface area contributed by atoms with Crippen LogP contribution in [0.3, 0.4) is 0 Å². The van der Waals surface area contributed by atoms with Gasteiger partial charge in [0, 0.05) is 17.6 Å². The molecule has 2 aromatic carbocycles. The lowest BCUT2D eigenvalue weighted by Crippen LogP contribution is -2.47. The number of nitrogens with zero attached hydrogens (tertiary/aromatic N) is 1. The summed E-state index contributed by atoms with van der Waals surface area (Å²) in [6.07, 6.45) is -0.383. The van der Waals surface area contributed by atoms with Crippen molar-refractivity contribution >= 4 is 34.9 Å². The lowest BCUT2D eigenvalue weighted by atomic mass is 10.1. The average molecular weight is 426 g/mol. The van der Waals surface area contributed by atoms with Crippen LogP contribution in [0, 0.1) is 5.82 Å². The van der Waals surface area contributed by atoms with Crippen LogP contribution >= 0.6 is 23.2 Å². The molecule has 148 valence electrons. The molecule has 1 aliphatic rings. The van der Waals surface area contributed by atoms with Crippen LogP contribution in [0.4, 0.5) is 4.39 Å². The smallest absolute Gasteiger partial charge is 0.255 e. The molecular formula is C20H18Cl2FNO4. The van der Waals surface area contributed by atoms with Crippen LogP contribution in [0.5, 0.6) is 5.75 Å². The molecule has 1 fully saturated rings. The normalized spacial score (nSPS) is 16.7. The number of benzene rings is 2. The quantitative estimate of drug-likeness (QED) is 0.671. The zero-order valence-corrected chi connectivity index (χ0v) is 16.6. The molecule has 1 saturated heterocycles. The van der Waals surface area contributed by atoms with Crippen molar-refractivity contribution in [1.29, 1.82) is 0 Å². The predicted octanol–water partition coefficient (Wildman–Crippen LogP) is 4.26. The van der Waals surface area contributed by atoms with Crippen molar-refractivity contribution in [1.82, 2.24) is 4.90 Å². The Kier molecular flexibility index (Phi) is 6.54. The second kappa shape index (κ2) is 8.90. The van der Waals surface area contributed by atoms with E-state index in [9.17, 15) is 14.0 Å². The Morgan fingerprint density at radius 3 is 2.71 bits per heavy atom. The number of ether oxygens (including phenoxy) is 2. The van der Waals surface area contributed by atoms with Crippen LogP contribution in [0.1, 0.15) is 27.6 Å². The number of rotatable bonds is 5. The highest BCUT2D eigenvalue weighted by Crippen LogP contribution is 2.23. The fourth-order valence-corrected chi connectivity index (χ4v) is 3.27. The number of hydrogen-bond acceptors (Lipinski definition) is 4. The van der Waals surface area contributed by atoms with Crippen LogP contribution in [0.25, 0.3) is 0 Å². The topological polar surface area (TPSA) is 55.8 Å². The largest absolute Gasteiger partial charge is 0.491 e. The average Bonchev–Trinajstić information content (AvgIpc) is 2.67. The Morgan fingerprint density at radius 1 is 1.21 bits per heavy atom. The maximum atomic E-state index is 13.9. The standard InChI is InChI=1S/C20H18Cl2FNO4/c1-12(25)16-4-3-14(9-19(16)23)28-11-15-10-24(6-7-27-15)20(26)17-8-13(21)2-5-18(17)22/h2-5,8-9,15H,6-7,10-11H2,1H3. The molecule has 1 amide bonds. The first-order valence-electron chi connectivity index (χ1n) is 8.64. The third-order valence-electron chi connectivity index (χ3n) is 4.34. The van der Waals surface area contributed by atoms with Gasteiger partial charge in [-0.2, -0.15) is 0 Å². The summed E-state index contributed by atoms with van der Waals surface area (Å²) in [5.41, 5.74) is 0.342. The molecule has 0 aromatic heterocycles. The summed E-state index contributed by atoms with van der Waals surface area (Å²) in [7, 11) is 0. The number of ketones is 1. The molecule has 0 bridgehead atoms. The number of morpholine rings is 1. The van der Waals surface area contributed by atoms with Gasteiger partial charge in [-0.3, -0.25) is 9.59 Å². The molecule has 0 N–H and O–H groups in total. The molecule has 1 aliphatic heterocycles. The van der Waals surface area contributed by atoms with Crippen molar-refractivity contribution in [2.24, 2.45) is 0 Å². The molecule has 3 rings (SSSR count). The summed E-state index contributed by atoms with van der Waals surface area (Å²) < 4.78 is 25.1. The van der Waals surface area contributed by atoms with E-state index in [-0.39, 0.29) is 35.7 Å². The molecule has 28 heavy (non-hydrogen) atoms. The number of carbonyl (C=O) groups is 2. The van der Waals surface area contributed by atoms with Gasteiger partial charge in [0.15, 0.2) is 5.78 Å². The van der Waals surface area contributed by atoms with Gasteiger partial charge in [0.25, 0.3) is 5.91 Å². The molecule has 5 nitrogen and oxygen atoms in total. The predicted molar refractivity (Wildman–Crippen MR) is 104 cm³/mol. The van der Waals surface area contributed by atoms with E-state index < -0.39 is 5.82 Å². The highest BCUT2D eigenvalue weighted by molar-refractivity contribution is 6.35. The first-order chi connectivity index (χ1) is 13.3. The first kappa shape index (κ1) is 20.6. The van der Waals surface area contributed by atoms with Crippen LogP contribution in [0.2, 0.25) is 10.0 Å². The summed E-state index contributed by atoms with van der Waals surface area (Å²) >= 11 is 12.1. The van der Waals surface area contributed by atoms with E-state index in [4.69, 9.17) is 32.7 Å². The molecule has 0 aliphatic carbocycles. The number of carbonyl (C=O) groups excluding carboxylic acids is 2. The van der Waals surface area contributed by atoms with Gasteiger partial charge < -0.3 is 14.4 Å². The summed E-state index contributed by atoms with van der Waals surface area (Å²) in [5.74, 6) is -0.944. The second-order valence-electron chi connectivity index (χ2n) is 6.38. The molecule has 8 heteroatoms. The fraction of sp³-hybridized carbons (Fsp3) is 0.300. The van der Waals surface area contributed by atoms with Gasteiger partial charge in [-0.25, -0.2) is 4.39 Å². The Bertz CT molecular complexity index is 906. The first-order valence-corrected chi connectivity index (χ1v) is 9.40. The Morgan fingerprint density at radius 2 is 2.00 bits per heavy atom. The van der Waals surface area contributed by atoms with Crippen molar-refractivity contribution in [2.45, 2.75) is 13.0 Å². The van der Waals surface area contributed by atoms with E-state index in [0.29, 0.717) is 35.3 Å². The lowest BCUT2D eigenvalue weighted by Gasteiger charge is -2.33. The Hall–Kier alpha value is -2.15. The van der Waals surface area contributed by atoms with Crippen molar-refractivity contribution in [3.05, 3.63) is 63.4 Å². The van der Waals surface area contributed by atoms with Crippen molar-refractivity contribution in [2.75, 3.05) is 26.3 Å². The summed E-state index contributed by atoms with van der Waals surface area (Å²) in [6, 6.07) is 8.80. The number of amides is 1. The monoisotopic (exact) mass is 425 g/mol. The zero-order valence-electron chi connectivity index (χ0n) is 15.1. The van der Waals surface area contributed by atoms with Crippen LogP contribution < -0.4 is 4.74 Å². The van der Waals surface area contributed by atoms with Gasteiger partial charge in [0.2, 0.25) is 0 Å². The van der Waals surface area contributed by atoms with Gasteiger partial charge in [-0.15, -0.1) is 0 Å². The van der Waals surface area contributed by atoms with Gasteiger partial charge in [0.1, 0.15) is 24.3 Å². The Balaban J connectivity index is 1.62. The van der Waals surface area contributed by atoms with E-state index in [2.05, 4.69) is 0 Å². The molecule has 1 heterocycles. The Labute approximate surface area is 171 Å². The third kappa shape index (κ3) is 4.82. The van der Waals surface area contributed by atoms with Crippen LogP contribution in [-0.4, -0.2) is 49.0 Å². The number of hydrogen-bond donors (Lipinski definition) is 0. The highest BCUT2D eigenvalue weighted by Gasteiger charge is 2.27. The molecule has 0 radical (unpaired) electrons. The summed E-state index contributed by atoms with van der Waals surface area (Å²) in [5, 5.41) is 0.756. The third-order valence-corrected chi connectivity index (χ3v) is 4.91. The molecule has 0 spiro atoms. The zero-order chi connectivity index (χ0) is 20.3. The van der Waals surface area contributed by atoms with E-state index in [1.54, 1.807) is 17.0 Å². The minimum absolute atomic E-state index is 0.0106. The van der Waals surface area contributed by atoms with E-state index in [0.717, 1.165) is 6.07 Å². The van der Waals surface area contributed by atoms with Gasteiger partial charge in [0.05, 0.1) is 29.3 Å². The lowest BCUT2D eigenvalue weighted by molar-refractivity contribution is -0.0401. The second-order valence-corrected chi connectivity index (χ2v) is 7.22. The van der Waals surface area contributed by atoms with Gasteiger partial charge in [-0.05, 0) is 37.3 Å². The maximum Gasteiger partial charge on any atom is 0.255 e. The number of Topliss-reactive ketones (excluding diaryl/α,β-unsaturated/α-hetero) is 1. The number of halogens is 3. The molecule has 1 atom stereocenters. The SMILES string of the molecule is CC(=O)c1ccc(OCC2CN(C(=O)c3cc(Cl)ccc3Cl)CCO2)cc1F. The minimum Gasteiger partial charge on any atom is -0.491 e. The van der Waals surface area contributed by atoms with Crippen molar-refractivity contribution in [3.63, 3.8) is 0 Å². The summed E-state index contributed by atoms with van der Waals surface area (Å²) in [6.45, 7) is 2.49. The van der Waals surface area contributed by atoms with Crippen LogP contribution in [-0.2, 0) is 4.74 Å². The van der Waals surface area contributed by atoms with Gasteiger partial charge in [-0.1, -0.05) is 23.2 Å².